The van der Waals surface area contributed by atoms with Gasteiger partial charge in [0.2, 0.25) is 0 Å². The van der Waals surface area contributed by atoms with Crippen LogP contribution in [0, 0.1) is 0 Å². The van der Waals surface area contributed by atoms with Gasteiger partial charge in [0.1, 0.15) is 5.50 Å². The quantitative estimate of drug-likeness (QED) is 0.206. The van der Waals surface area contributed by atoms with Crippen LogP contribution in [0.3, 0.4) is 0 Å². The number of alkyl halides is 1. The van der Waals surface area contributed by atoms with Crippen LogP contribution < -0.4 is 10.6 Å². The molecule has 0 aromatic carbocycles. The van der Waals surface area contributed by atoms with Crippen molar-refractivity contribution in [3.05, 3.63) is 11.5 Å². The van der Waals surface area contributed by atoms with Gasteiger partial charge < -0.3 is 15.5 Å². The largest absolute Gasteiger partial charge is 0.495 e. The first-order chi connectivity index (χ1) is 8.29. The number of aliphatic hydroxyl groups is 2. The summed E-state index contributed by atoms with van der Waals surface area (Å²) in [5.41, 5.74) is -0.142. The van der Waals surface area contributed by atoms with E-state index in [9.17, 15) is 18.6 Å². The number of hydrogen-bond donors (Lipinski definition) is 5. The van der Waals surface area contributed by atoms with Gasteiger partial charge >= 0.3 is 0 Å². The van der Waals surface area contributed by atoms with Gasteiger partial charge in [0, 0.05) is 5.57 Å². The zero-order valence-electron chi connectivity index (χ0n) is 9.63. The van der Waals surface area contributed by atoms with Crippen LogP contribution in [0.2, 0.25) is 0 Å². The monoisotopic (exact) mass is 300 g/mol. The van der Waals surface area contributed by atoms with E-state index in [1.165, 1.54) is 0 Å². The fourth-order valence-corrected chi connectivity index (χ4v) is 2.55. The number of hydrogen-bond acceptors (Lipinski definition) is 6. The summed E-state index contributed by atoms with van der Waals surface area (Å²) < 4.78 is 29.5. The molecule has 7 nitrogen and oxygen atoms in total. The standard InChI is InChI=1S/C9H17ClN2O5S/c10-7-6(8(13)12-9(14)11-7)4-2-1-3-5-18(15,16)17/h7,9,11-14H,1-5H2,(H,15,16,17). The van der Waals surface area contributed by atoms with E-state index in [0.717, 1.165) is 0 Å². The molecule has 9 heteroatoms. The highest BCUT2D eigenvalue weighted by Crippen LogP contribution is 2.21. The van der Waals surface area contributed by atoms with Crippen LogP contribution in [-0.2, 0) is 10.1 Å². The van der Waals surface area contributed by atoms with E-state index in [1.807, 2.05) is 0 Å². The Labute approximate surface area is 111 Å². The summed E-state index contributed by atoms with van der Waals surface area (Å²) in [6, 6.07) is 0. The first-order valence-electron chi connectivity index (χ1n) is 5.51. The van der Waals surface area contributed by atoms with Crippen LogP contribution >= 0.6 is 11.6 Å². The van der Waals surface area contributed by atoms with Crippen molar-refractivity contribution in [2.45, 2.75) is 37.5 Å². The first kappa shape index (κ1) is 15.5. The lowest BCUT2D eigenvalue weighted by molar-refractivity contribution is 0.0811. The molecule has 0 aromatic heterocycles. The average molecular weight is 301 g/mol. The van der Waals surface area contributed by atoms with E-state index in [1.54, 1.807) is 0 Å². The number of unbranched alkanes of at least 4 members (excludes halogenated alkanes) is 2. The van der Waals surface area contributed by atoms with Gasteiger partial charge in [-0.1, -0.05) is 6.42 Å². The zero-order valence-corrected chi connectivity index (χ0v) is 11.2. The maximum atomic E-state index is 10.5. The molecule has 0 saturated heterocycles. The molecule has 0 bridgehead atoms. The highest BCUT2D eigenvalue weighted by Gasteiger charge is 2.24. The first-order valence-corrected chi connectivity index (χ1v) is 7.56. The lowest BCUT2D eigenvalue weighted by Gasteiger charge is -2.28. The van der Waals surface area contributed by atoms with Crippen molar-refractivity contribution in [1.82, 2.24) is 10.6 Å². The van der Waals surface area contributed by atoms with Crippen molar-refractivity contribution in [1.29, 1.82) is 0 Å². The van der Waals surface area contributed by atoms with Crippen LogP contribution in [0.1, 0.15) is 25.7 Å². The molecule has 0 radical (unpaired) electrons. The van der Waals surface area contributed by atoms with Crippen molar-refractivity contribution in [2.24, 2.45) is 0 Å². The Hall–Kier alpha value is -0.540. The molecule has 1 heterocycles. The van der Waals surface area contributed by atoms with Gasteiger partial charge in [-0.05, 0) is 19.3 Å². The summed E-state index contributed by atoms with van der Waals surface area (Å²) in [6.45, 7) is 0. The van der Waals surface area contributed by atoms with Crippen molar-refractivity contribution in [3.63, 3.8) is 0 Å². The van der Waals surface area contributed by atoms with Crippen LogP contribution in [0.4, 0.5) is 0 Å². The molecule has 18 heavy (non-hydrogen) atoms. The Morgan fingerprint density at radius 2 is 1.94 bits per heavy atom. The number of rotatable bonds is 6. The van der Waals surface area contributed by atoms with Crippen molar-refractivity contribution in [2.75, 3.05) is 5.75 Å². The summed E-state index contributed by atoms with van der Waals surface area (Å²) >= 11 is 5.89. The minimum atomic E-state index is -3.90. The SMILES string of the molecule is O=S(=O)(O)CCCCCC1=C(O)NC(O)NC1Cl. The fraction of sp³-hybridized carbons (Fsp3) is 0.778. The second-order valence-corrected chi connectivity index (χ2v) is 6.06. The Bertz CT molecular complexity index is 411. The molecule has 1 aliphatic heterocycles. The summed E-state index contributed by atoms with van der Waals surface area (Å²) in [4.78, 5) is 0. The lowest BCUT2D eigenvalue weighted by Crippen LogP contribution is -2.50. The Balaban J connectivity index is 2.33. The third-order valence-corrected chi connectivity index (χ3v) is 3.73. The van der Waals surface area contributed by atoms with Crippen LogP contribution in [0.25, 0.3) is 0 Å². The van der Waals surface area contributed by atoms with E-state index in [-0.39, 0.29) is 11.6 Å². The summed E-state index contributed by atoms with van der Waals surface area (Å²) in [5, 5.41) is 23.7. The van der Waals surface area contributed by atoms with Gasteiger partial charge in [0.25, 0.3) is 10.1 Å². The molecule has 2 atom stereocenters. The van der Waals surface area contributed by atoms with E-state index >= 15 is 0 Å². The van der Waals surface area contributed by atoms with Crippen molar-refractivity contribution in [3.8, 4) is 0 Å². The predicted octanol–water partition coefficient (Wildman–Crippen LogP) is 0.238. The molecular formula is C9H17ClN2O5S. The Morgan fingerprint density at radius 1 is 1.28 bits per heavy atom. The average Bonchev–Trinajstić information content (AvgIpc) is 2.19. The molecule has 0 fully saturated rings. The highest BCUT2D eigenvalue weighted by molar-refractivity contribution is 7.85. The molecule has 5 N–H and O–H groups in total. The molecule has 2 unspecified atom stereocenters. The van der Waals surface area contributed by atoms with Crippen LogP contribution in [-0.4, -0.2) is 40.8 Å². The van der Waals surface area contributed by atoms with Gasteiger partial charge in [0.05, 0.1) is 5.75 Å². The van der Waals surface area contributed by atoms with Gasteiger partial charge in [-0.15, -0.1) is 11.6 Å². The van der Waals surface area contributed by atoms with E-state index < -0.39 is 22.0 Å². The minimum Gasteiger partial charge on any atom is -0.495 e. The van der Waals surface area contributed by atoms with Gasteiger partial charge in [-0.25, -0.2) is 0 Å². The topological polar surface area (TPSA) is 119 Å². The van der Waals surface area contributed by atoms with Gasteiger partial charge in [0.15, 0.2) is 12.2 Å². The van der Waals surface area contributed by atoms with Crippen LogP contribution in [0.15, 0.2) is 11.5 Å². The van der Waals surface area contributed by atoms with Gasteiger partial charge in [-0.3, -0.25) is 9.87 Å². The molecule has 0 aromatic rings. The summed E-state index contributed by atoms with van der Waals surface area (Å²) in [7, 11) is -3.90. The summed E-state index contributed by atoms with van der Waals surface area (Å²) in [5.74, 6) is -0.423. The van der Waals surface area contributed by atoms with Crippen LogP contribution in [0.5, 0.6) is 0 Å². The predicted molar refractivity (Wildman–Crippen MR) is 66.5 cm³/mol. The highest BCUT2D eigenvalue weighted by atomic mass is 35.5. The number of nitrogens with one attached hydrogen (secondary N) is 2. The molecule has 0 saturated carbocycles. The second kappa shape index (κ2) is 6.58. The van der Waals surface area contributed by atoms with E-state index in [4.69, 9.17) is 16.2 Å². The maximum Gasteiger partial charge on any atom is 0.264 e. The van der Waals surface area contributed by atoms with Gasteiger partial charge in [-0.2, -0.15) is 8.42 Å². The molecule has 1 rings (SSSR count). The zero-order chi connectivity index (χ0) is 13.8. The molecule has 0 aliphatic carbocycles. The number of halogens is 1. The second-order valence-electron chi connectivity index (χ2n) is 4.05. The Morgan fingerprint density at radius 3 is 2.50 bits per heavy atom. The Kier molecular flexibility index (Phi) is 5.67. The molecule has 1 aliphatic rings. The smallest absolute Gasteiger partial charge is 0.264 e. The maximum absolute atomic E-state index is 10.5. The van der Waals surface area contributed by atoms with Crippen molar-refractivity contribution >= 4 is 21.7 Å². The molecule has 0 spiro atoms. The normalized spacial score (nSPS) is 25.1. The molecular weight excluding hydrogens is 284 g/mol. The third kappa shape index (κ3) is 5.40. The summed E-state index contributed by atoms with van der Waals surface area (Å²) in [6.07, 6.45) is 0.942. The minimum absolute atomic E-state index is 0.156. The van der Waals surface area contributed by atoms with E-state index in [0.29, 0.717) is 31.3 Å². The molecule has 106 valence electrons. The van der Waals surface area contributed by atoms with Crippen molar-refractivity contribution < 1.29 is 23.2 Å². The number of aliphatic hydroxyl groups excluding tert-OH is 2. The fourth-order valence-electron chi connectivity index (χ4n) is 1.64. The molecule has 0 amide bonds. The lowest BCUT2D eigenvalue weighted by atomic mass is 10.1. The van der Waals surface area contributed by atoms with E-state index in [2.05, 4.69) is 10.6 Å². The third-order valence-electron chi connectivity index (χ3n) is 2.54.